The Morgan fingerprint density at radius 2 is 1.70 bits per heavy atom. The zero-order chi connectivity index (χ0) is 17.7. The molecule has 0 bridgehead atoms. The van der Waals surface area contributed by atoms with Crippen LogP contribution in [0.4, 0.5) is 0 Å². The quantitative estimate of drug-likeness (QED) is 0.706. The van der Waals surface area contributed by atoms with Gasteiger partial charge in [-0.15, -0.1) is 0 Å². The second kappa shape index (κ2) is 8.47. The van der Waals surface area contributed by atoms with Crippen LogP contribution in [0.2, 0.25) is 0 Å². The molecule has 0 spiro atoms. The highest BCUT2D eigenvalue weighted by atomic mass is 32.2. The van der Waals surface area contributed by atoms with Gasteiger partial charge in [-0.25, -0.2) is 8.42 Å². The third-order valence-electron chi connectivity index (χ3n) is 5.26. The van der Waals surface area contributed by atoms with Gasteiger partial charge in [0.1, 0.15) is 5.25 Å². The molecule has 23 heavy (non-hydrogen) atoms. The van der Waals surface area contributed by atoms with Crippen LogP contribution in [0.3, 0.4) is 0 Å². The standard InChI is InChI=1S/C17H34N2O3S/c1-5-17(18,6-2)12-19-16(20)15(13(3)4)23(21,22)14-10-8-7-9-11-14/h13-15H,5-12,18H2,1-4H3,(H,19,20). The van der Waals surface area contributed by atoms with E-state index in [0.29, 0.717) is 19.4 Å². The normalized spacial score (nSPS) is 18.9. The summed E-state index contributed by atoms with van der Waals surface area (Å²) in [5, 5.41) is 1.47. The molecule has 1 amide bonds. The van der Waals surface area contributed by atoms with Crippen molar-refractivity contribution in [2.45, 2.75) is 88.7 Å². The first-order valence-electron chi connectivity index (χ1n) is 8.97. The molecule has 0 aromatic carbocycles. The van der Waals surface area contributed by atoms with E-state index in [0.717, 1.165) is 32.1 Å². The average molecular weight is 347 g/mol. The molecule has 1 atom stereocenters. The molecule has 1 unspecified atom stereocenters. The zero-order valence-electron chi connectivity index (χ0n) is 15.1. The smallest absolute Gasteiger partial charge is 0.238 e. The zero-order valence-corrected chi connectivity index (χ0v) is 15.9. The Hall–Kier alpha value is -0.620. The lowest BCUT2D eigenvalue weighted by Gasteiger charge is -2.31. The van der Waals surface area contributed by atoms with Gasteiger partial charge in [-0.05, 0) is 31.6 Å². The first-order chi connectivity index (χ1) is 10.7. The molecule has 0 heterocycles. The average Bonchev–Trinajstić information content (AvgIpc) is 2.53. The van der Waals surface area contributed by atoms with Crippen LogP contribution in [0.15, 0.2) is 0 Å². The summed E-state index contributed by atoms with van der Waals surface area (Å²) in [6.45, 7) is 7.89. The fraction of sp³-hybridized carbons (Fsp3) is 0.941. The highest BCUT2D eigenvalue weighted by molar-refractivity contribution is 7.93. The maximum atomic E-state index is 12.9. The number of amides is 1. The van der Waals surface area contributed by atoms with Crippen LogP contribution in [0.25, 0.3) is 0 Å². The molecule has 0 aliphatic heterocycles. The van der Waals surface area contributed by atoms with E-state index in [-0.39, 0.29) is 17.1 Å². The van der Waals surface area contributed by atoms with Crippen molar-refractivity contribution in [1.29, 1.82) is 0 Å². The second-order valence-electron chi connectivity index (χ2n) is 7.30. The van der Waals surface area contributed by atoms with Gasteiger partial charge in [-0.3, -0.25) is 4.79 Å². The van der Waals surface area contributed by atoms with Crippen LogP contribution in [0.5, 0.6) is 0 Å². The predicted molar refractivity (Wildman–Crippen MR) is 94.9 cm³/mol. The molecule has 0 aromatic rings. The van der Waals surface area contributed by atoms with Gasteiger partial charge >= 0.3 is 0 Å². The summed E-state index contributed by atoms with van der Waals surface area (Å²) in [7, 11) is -3.46. The predicted octanol–water partition coefficient (Wildman–Crippen LogP) is 2.39. The summed E-state index contributed by atoms with van der Waals surface area (Å²) < 4.78 is 25.9. The topological polar surface area (TPSA) is 89.3 Å². The SMILES string of the molecule is CCC(N)(CC)CNC(=O)C(C(C)C)S(=O)(=O)C1CCCCC1. The van der Waals surface area contributed by atoms with E-state index in [9.17, 15) is 13.2 Å². The monoisotopic (exact) mass is 346 g/mol. The van der Waals surface area contributed by atoms with Crippen molar-refractivity contribution in [2.75, 3.05) is 6.54 Å². The summed E-state index contributed by atoms with van der Waals surface area (Å²) in [5.74, 6) is -0.625. The van der Waals surface area contributed by atoms with E-state index in [1.54, 1.807) is 13.8 Å². The molecule has 0 radical (unpaired) electrons. The van der Waals surface area contributed by atoms with Gasteiger partial charge in [0.2, 0.25) is 5.91 Å². The molecule has 1 fully saturated rings. The molecule has 1 aliphatic rings. The van der Waals surface area contributed by atoms with E-state index in [1.807, 2.05) is 13.8 Å². The minimum atomic E-state index is -3.46. The van der Waals surface area contributed by atoms with Crippen LogP contribution in [-0.2, 0) is 14.6 Å². The van der Waals surface area contributed by atoms with Crippen LogP contribution in [0.1, 0.15) is 72.6 Å². The second-order valence-corrected chi connectivity index (χ2v) is 9.65. The summed E-state index contributed by atoms with van der Waals surface area (Å²) in [6, 6.07) is 0. The summed E-state index contributed by atoms with van der Waals surface area (Å²) in [5.41, 5.74) is 5.74. The Labute approximate surface area is 141 Å². The summed E-state index contributed by atoms with van der Waals surface area (Å²) >= 11 is 0. The van der Waals surface area contributed by atoms with E-state index in [2.05, 4.69) is 5.32 Å². The van der Waals surface area contributed by atoms with Crippen molar-refractivity contribution < 1.29 is 13.2 Å². The fourth-order valence-corrected chi connectivity index (χ4v) is 5.84. The van der Waals surface area contributed by atoms with Gasteiger partial charge in [-0.1, -0.05) is 47.0 Å². The van der Waals surface area contributed by atoms with E-state index >= 15 is 0 Å². The molecule has 1 aliphatic carbocycles. The number of sulfone groups is 1. The van der Waals surface area contributed by atoms with Gasteiger partial charge in [0, 0.05) is 12.1 Å². The van der Waals surface area contributed by atoms with Gasteiger partial charge in [-0.2, -0.15) is 0 Å². The third kappa shape index (κ3) is 5.18. The van der Waals surface area contributed by atoms with E-state index in [4.69, 9.17) is 5.73 Å². The number of nitrogens with one attached hydrogen (secondary N) is 1. The summed E-state index contributed by atoms with van der Waals surface area (Å²) in [6.07, 6.45) is 5.82. The van der Waals surface area contributed by atoms with Gasteiger partial charge in [0.05, 0.1) is 5.25 Å². The van der Waals surface area contributed by atoms with Crippen LogP contribution < -0.4 is 11.1 Å². The Balaban J connectivity index is 2.86. The fourth-order valence-electron chi connectivity index (χ4n) is 3.30. The molecule has 3 N–H and O–H groups in total. The minimum absolute atomic E-state index is 0.239. The number of carbonyl (C=O) groups is 1. The largest absolute Gasteiger partial charge is 0.353 e. The Morgan fingerprint density at radius 1 is 1.17 bits per heavy atom. The number of nitrogens with two attached hydrogens (primary N) is 1. The lowest BCUT2D eigenvalue weighted by Crippen LogP contribution is -2.54. The van der Waals surface area contributed by atoms with Crippen molar-refractivity contribution in [2.24, 2.45) is 11.7 Å². The van der Waals surface area contributed by atoms with E-state index < -0.39 is 20.6 Å². The first-order valence-corrected chi connectivity index (χ1v) is 10.6. The molecule has 0 saturated heterocycles. The number of hydrogen-bond donors (Lipinski definition) is 2. The highest BCUT2D eigenvalue weighted by Crippen LogP contribution is 2.29. The maximum Gasteiger partial charge on any atom is 0.238 e. The number of carbonyl (C=O) groups excluding carboxylic acids is 1. The lowest BCUT2D eigenvalue weighted by atomic mass is 9.94. The molecule has 5 nitrogen and oxygen atoms in total. The molecular formula is C17H34N2O3S. The van der Waals surface area contributed by atoms with Crippen LogP contribution in [0, 0.1) is 5.92 Å². The molecule has 0 aromatic heterocycles. The molecule has 136 valence electrons. The Bertz CT molecular complexity index is 478. The van der Waals surface area contributed by atoms with E-state index in [1.165, 1.54) is 0 Å². The Kier molecular flexibility index (Phi) is 7.52. The van der Waals surface area contributed by atoms with Gasteiger partial charge in [0.15, 0.2) is 9.84 Å². The third-order valence-corrected chi connectivity index (χ3v) is 8.12. The first kappa shape index (κ1) is 20.4. The number of rotatable bonds is 8. The van der Waals surface area contributed by atoms with Crippen molar-refractivity contribution in [3.05, 3.63) is 0 Å². The molecular weight excluding hydrogens is 312 g/mol. The lowest BCUT2D eigenvalue weighted by molar-refractivity contribution is -0.121. The maximum absolute atomic E-state index is 12.9. The highest BCUT2D eigenvalue weighted by Gasteiger charge is 2.41. The van der Waals surface area contributed by atoms with Crippen molar-refractivity contribution in [1.82, 2.24) is 5.32 Å². The molecule has 1 rings (SSSR count). The van der Waals surface area contributed by atoms with Crippen molar-refractivity contribution in [3.63, 3.8) is 0 Å². The van der Waals surface area contributed by atoms with Crippen LogP contribution in [-0.4, -0.2) is 36.9 Å². The summed E-state index contributed by atoms with van der Waals surface area (Å²) in [4.78, 5) is 12.6. The van der Waals surface area contributed by atoms with Gasteiger partial charge in [0.25, 0.3) is 0 Å². The number of hydrogen-bond acceptors (Lipinski definition) is 4. The Morgan fingerprint density at radius 3 is 2.13 bits per heavy atom. The molecule has 6 heteroatoms. The van der Waals surface area contributed by atoms with Gasteiger partial charge < -0.3 is 11.1 Å². The van der Waals surface area contributed by atoms with Crippen molar-refractivity contribution >= 4 is 15.7 Å². The van der Waals surface area contributed by atoms with Crippen LogP contribution >= 0.6 is 0 Å². The molecule has 1 saturated carbocycles. The minimum Gasteiger partial charge on any atom is -0.353 e. The van der Waals surface area contributed by atoms with Crippen molar-refractivity contribution in [3.8, 4) is 0 Å².